The van der Waals surface area contributed by atoms with Gasteiger partial charge in [0, 0.05) is 0 Å². The SMILES string of the molecule is [Br-].[Fe+2].c1ccc([N-]c2ccccc2)cc1. The molecular weight excluding hydrogens is 294 g/mol. The predicted octanol–water partition coefficient (Wildman–Crippen LogP) is 1.03. The fraction of sp³-hybridized carbons (Fsp3) is 0. The normalized spacial score (nSPS) is 8.27. The van der Waals surface area contributed by atoms with Gasteiger partial charge in [-0.2, -0.15) is 0 Å². The van der Waals surface area contributed by atoms with E-state index in [1.165, 1.54) is 0 Å². The number of benzene rings is 2. The van der Waals surface area contributed by atoms with Crippen molar-refractivity contribution < 1.29 is 34.1 Å². The summed E-state index contributed by atoms with van der Waals surface area (Å²) in [6, 6.07) is 19.9. The summed E-state index contributed by atoms with van der Waals surface area (Å²) in [7, 11) is 0. The number of hydrogen-bond acceptors (Lipinski definition) is 0. The molecule has 0 atom stereocenters. The van der Waals surface area contributed by atoms with Crippen LogP contribution in [0, 0.1) is 0 Å². The molecule has 0 saturated heterocycles. The number of nitrogens with zero attached hydrogens (tertiary/aromatic N) is 1. The van der Waals surface area contributed by atoms with E-state index < -0.39 is 0 Å². The maximum Gasteiger partial charge on any atom is 2.00 e. The van der Waals surface area contributed by atoms with E-state index in [2.05, 4.69) is 5.32 Å². The van der Waals surface area contributed by atoms with E-state index in [9.17, 15) is 0 Å². The monoisotopic (exact) mass is 303 g/mol. The van der Waals surface area contributed by atoms with Gasteiger partial charge in [-0.05, 0) is 0 Å². The Labute approximate surface area is 111 Å². The molecule has 3 heteroatoms. The van der Waals surface area contributed by atoms with Crippen molar-refractivity contribution in [1.82, 2.24) is 0 Å². The molecule has 0 fully saturated rings. The average molecular weight is 304 g/mol. The van der Waals surface area contributed by atoms with Crippen molar-refractivity contribution in [3.05, 3.63) is 66.0 Å². The Kier molecular flexibility index (Phi) is 7.14. The van der Waals surface area contributed by atoms with E-state index in [-0.39, 0.29) is 34.1 Å². The third-order valence-electron chi connectivity index (χ3n) is 1.77. The zero-order valence-corrected chi connectivity index (χ0v) is 10.6. The van der Waals surface area contributed by atoms with Gasteiger partial charge in [-0.25, -0.2) is 0 Å². The van der Waals surface area contributed by atoms with Gasteiger partial charge >= 0.3 is 17.1 Å². The summed E-state index contributed by atoms with van der Waals surface area (Å²) in [5.41, 5.74) is 1.99. The first-order valence-corrected chi connectivity index (χ1v) is 4.27. The molecular formula is C12H10BrFeN. The first-order chi connectivity index (χ1) is 6.45. The average Bonchev–Trinajstić information content (AvgIpc) is 2.21. The molecule has 1 nitrogen and oxygen atoms in total. The van der Waals surface area contributed by atoms with E-state index in [4.69, 9.17) is 0 Å². The Morgan fingerprint density at radius 1 is 0.600 bits per heavy atom. The van der Waals surface area contributed by atoms with E-state index >= 15 is 0 Å². The van der Waals surface area contributed by atoms with Crippen molar-refractivity contribution >= 4 is 11.4 Å². The maximum absolute atomic E-state index is 4.44. The molecule has 0 aliphatic carbocycles. The van der Waals surface area contributed by atoms with E-state index in [1.54, 1.807) is 0 Å². The molecule has 15 heavy (non-hydrogen) atoms. The minimum atomic E-state index is 0. The molecule has 2 aromatic rings. The number of para-hydroxylation sites is 2. The third kappa shape index (κ3) is 4.52. The minimum absolute atomic E-state index is 0. The van der Waals surface area contributed by atoms with Crippen molar-refractivity contribution in [3.8, 4) is 0 Å². The van der Waals surface area contributed by atoms with Gasteiger partial charge in [0.1, 0.15) is 0 Å². The third-order valence-corrected chi connectivity index (χ3v) is 1.77. The van der Waals surface area contributed by atoms with Crippen LogP contribution < -0.4 is 17.0 Å². The van der Waals surface area contributed by atoms with Gasteiger partial charge in [0.25, 0.3) is 0 Å². The van der Waals surface area contributed by atoms with Crippen LogP contribution in [-0.2, 0) is 17.1 Å². The number of hydrogen-bond donors (Lipinski definition) is 0. The van der Waals surface area contributed by atoms with Gasteiger partial charge in [-0.3, -0.25) is 0 Å². The van der Waals surface area contributed by atoms with Gasteiger partial charge in [0.15, 0.2) is 0 Å². The molecule has 0 saturated carbocycles. The Morgan fingerprint density at radius 3 is 1.27 bits per heavy atom. The Hall–Kier alpha value is -0.761. The molecule has 0 spiro atoms. The van der Waals surface area contributed by atoms with Crippen LogP contribution in [0.1, 0.15) is 0 Å². The first kappa shape index (κ1) is 14.2. The molecule has 0 heterocycles. The molecule has 0 radical (unpaired) electrons. The second kappa shape index (κ2) is 7.52. The number of halogens is 1. The summed E-state index contributed by atoms with van der Waals surface area (Å²) in [6.45, 7) is 0. The van der Waals surface area contributed by atoms with Crippen LogP contribution in [0.3, 0.4) is 0 Å². The molecule has 0 bridgehead atoms. The van der Waals surface area contributed by atoms with Crippen LogP contribution in [0.5, 0.6) is 0 Å². The van der Waals surface area contributed by atoms with Crippen molar-refractivity contribution in [3.63, 3.8) is 0 Å². The van der Waals surface area contributed by atoms with Gasteiger partial charge < -0.3 is 22.3 Å². The molecule has 0 aromatic heterocycles. The predicted molar refractivity (Wildman–Crippen MR) is 55.6 cm³/mol. The maximum atomic E-state index is 4.44. The minimum Gasteiger partial charge on any atom is -1.00 e. The second-order valence-electron chi connectivity index (χ2n) is 2.78. The molecule has 0 N–H and O–H groups in total. The van der Waals surface area contributed by atoms with Crippen LogP contribution in [0.25, 0.3) is 5.32 Å². The van der Waals surface area contributed by atoms with Crippen LogP contribution in [0.2, 0.25) is 0 Å². The largest absolute Gasteiger partial charge is 2.00 e. The first-order valence-electron chi connectivity index (χ1n) is 4.27. The fourth-order valence-electron chi connectivity index (χ4n) is 1.15. The Morgan fingerprint density at radius 2 is 0.933 bits per heavy atom. The smallest absolute Gasteiger partial charge is 1.00 e. The topological polar surface area (TPSA) is 14.1 Å². The Bertz CT molecular complexity index is 326. The van der Waals surface area contributed by atoms with E-state index in [0.717, 1.165) is 11.4 Å². The van der Waals surface area contributed by atoms with Crippen molar-refractivity contribution in [2.24, 2.45) is 0 Å². The van der Waals surface area contributed by atoms with Gasteiger partial charge in [-0.15, -0.1) is 11.4 Å². The van der Waals surface area contributed by atoms with Crippen LogP contribution >= 0.6 is 0 Å². The van der Waals surface area contributed by atoms with E-state index in [1.807, 2.05) is 60.7 Å². The second-order valence-corrected chi connectivity index (χ2v) is 2.78. The Balaban J connectivity index is 0.000000980. The van der Waals surface area contributed by atoms with Crippen LogP contribution in [0.15, 0.2) is 60.7 Å². The zero-order chi connectivity index (χ0) is 8.93. The zero-order valence-electron chi connectivity index (χ0n) is 7.95. The van der Waals surface area contributed by atoms with Gasteiger partial charge in [0.2, 0.25) is 0 Å². The quantitative estimate of drug-likeness (QED) is 0.736. The van der Waals surface area contributed by atoms with Crippen molar-refractivity contribution in [2.75, 3.05) is 0 Å². The van der Waals surface area contributed by atoms with Crippen LogP contribution in [0.4, 0.5) is 11.4 Å². The standard InChI is InChI=1S/C12H10N.BrH.Fe/c1-3-7-11(8-4-1)13-12-9-5-2-6-10-12;;/h1-10H;1H;/q-1;;+2/p-1. The summed E-state index contributed by atoms with van der Waals surface area (Å²) in [5.74, 6) is 0. The molecule has 0 aliphatic rings. The number of rotatable bonds is 2. The summed E-state index contributed by atoms with van der Waals surface area (Å²) in [4.78, 5) is 0. The molecule has 78 valence electrons. The van der Waals surface area contributed by atoms with Crippen molar-refractivity contribution in [2.45, 2.75) is 0 Å². The summed E-state index contributed by atoms with van der Waals surface area (Å²) in [6.07, 6.45) is 0. The molecule has 2 aromatic carbocycles. The van der Waals surface area contributed by atoms with Crippen molar-refractivity contribution in [1.29, 1.82) is 0 Å². The van der Waals surface area contributed by atoms with Gasteiger partial charge in [-0.1, -0.05) is 60.7 Å². The molecule has 0 unspecified atom stereocenters. The van der Waals surface area contributed by atoms with Crippen LogP contribution in [-0.4, -0.2) is 0 Å². The summed E-state index contributed by atoms with van der Waals surface area (Å²) < 4.78 is 0. The molecule has 0 aliphatic heterocycles. The van der Waals surface area contributed by atoms with E-state index in [0.29, 0.717) is 0 Å². The molecule has 2 rings (SSSR count). The molecule has 0 amide bonds. The summed E-state index contributed by atoms with van der Waals surface area (Å²) in [5, 5.41) is 4.44. The summed E-state index contributed by atoms with van der Waals surface area (Å²) >= 11 is 0. The van der Waals surface area contributed by atoms with Gasteiger partial charge in [0.05, 0.1) is 0 Å². The fourth-order valence-corrected chi connectivity index (χ4v) is 1.15.